The standard InChI is InChI=1S/C15H15FN2O2/c1-8-3-4-10(5-9(8)2)18-14-7-12(16)11(15(19)20)6-13(14)17/h3-7,18H,17H2,1-2H3,(H,19,20). The highest BCUT2D eigenvalue weighted by atomic mass is 19.1. The molecule has 0 saturated carbocycles. The lowest BCUT2D eigenvalue weighted by Crippen LogP contribution is -2.05. The fraction of sp³-hybridized carbons (Fsp3) is 0.133. The van der Waals surface area contributed by atoms with Gasteiger partial charge < -0.3 is 16.2 Å². The summed E-state index contributed by atoms with van der Waals surface area (Å²) in [5.74, 6) is -2.16. The summed E-state index contributed by atoms with van der Waals surface area (Å²) in [5, 5.41) is 11.8. The number of anilines is 3. The molecular weight excluding hydrogens is 259 g/mol. The number of nitrogens with two attached hydrogens (primary N) is 1. The molecule has 0 unspecified atom stereocenters. The van der Waals surface area contributed by atoms with Gasteiger partial charge >= 0.3 is 5.97 Å². The number of benzene rings is 2. The van der Waals surface area contributed by atoms with Gasteiger partial charge in [0.05, 0.1) is 16.9 Å². The van der Waals surface area contributed by atoms with E-state index in [0.29, 0.717) is 5.69 Å². The van der Waals surface area contributed by atoms with Crippen molar-refractivity contribution >= 4 is 23.0 Å². The minimum atomic E-state index is -1.34. The van der Waals surface area contributed by atoms with E-state index in [0.717, 1.165) is 28.9 Å². The molecule has 5 heteroatoms. The van der Waals surface area contributed by atoms with Crippen molar-refractivity contribution in [2.45, 2.75) is 13.8 Å². The second-order valence-electron chi connectivity index (χ2n) is 4.65. The predicted octanol–water partition coefficient (Wildman–Crippen LogP) is 3.47. The van der Waals surface area contributed by atoms with E-state index < -0.39 is 17.3 Å². The number of aromatic carboxylic acids is 1. The van der Waals surface area contributed by atoms with E-state index in [1.165, 1.54) is 0 Å². The summed E-state index contributed by atoms with van der Waals surface area (Å²) >= 11 is 0. The Bertz CT molecular complexity index is 684. The number of carboxylic acids is 1. The van der Waals surface area contributed by atoms with Crippen molar-refractivity contribution in [3.05, 3.63) is 52.8 Å². The second-order valence-corrected chi connectivity index (χ2v) is 4.65. The van der Waals surface area contributed by atoms with Crippen LogP contribution >= 0.6 is 0 Å². The highest BCUT2D eigenvalue weighted by Gasteiger charge is 2.13. The molecular formula is C15H15FN2O2. The first-order valence-electron chi connectivity index (χ1n) is 6.05. The largest absolute Gasteiger partial charge is 0.478 e. The number of nitrogens with one attached hydrogen (secondary N) is 1. The number of carboxylic acid groups (broad SMARTS) is 1. The third-order valence-corrected chi connectivity index (χ3v) is 3.16. The van der Waals surface area contributed by atoms with Gasteiger partial charge in [-0.15, -0.1) is 0 Å². The molecule has 0 aliphatic carbocycles. The minimum absolute atomic E-state index is 0.182. The van der Waals surface area contributed by atoms with Gasteiger partial charge in [0.15, 0.2) is 0 Å². The Morgan fingerprint density at radius 1 is 1.20 bits per heavy atom. The number of aryl methyl sites for hydroxylation is 2. The summed E-state index contributed by atoms with van der Waals surface area (Å²) in [6.07, 6.45) is 0. The molecule has 0 heterocycles. The summed E-state index contributed by atoms with van der Waals surface area (Å²) in [5.41, 5.74) is 8.85. The number of hydrogen-bond donors (Lipinski definition) is 3. The fourth-order valence-corrected chi connectivity index (χ4v) is 1.84. The molecule has 4 N–H and O–H groups in total. The number of carbonyl (C=O) groups is 1. The molecule has 4 nitrogen and oxygen atoms in total. The molecule has 0 bridgehead atoms. The van der Waals surface area contributed by atoms with Crippen molar-refractivity contribution in [2.75, 3.05) is 11.1 Å². The summed E-state index contributed by atoms with van der Waals surface area (Å²) in [6.45, 7) is 3.97. The topological polar surface area (TPSA) is 75.3 Å². The van der Waals surface area contributed by atoms with Crippen molar-refractivity contribution in [3.63, 3.8) is 0 Å². The molecule has 0 aromatic heterocycles. The molecule has 0 amide bonds. The van der Waals surface area contributed by atoms with Crippen LogP contribution in [0.1, 0.15) is 21.5 Å². The summed E-state index contributed by atoms with van der Waals surface area (Å²) in [7, 11) is 0. The van der Waals surface area contributed by atoms with Gasteiger partial charge in [-0.25, -0.2) is 9.18 Å². The Labute approximate surface area is 116 Å². The van der Waals surface area contributed by atoms with Gasteiger partial charge in [-0.1, -0.05) is 6.07 Å². The highest BCUT2D eigenvalue weighted by molar-refractivity contribution is 5.91. The first kappa shape index (κ1) is 13.9. The van der Waals surface area contributed by atoms with Crippen molar-refractivity contribution in [2.24, 2.45) is 0 Å². The molecule has 2 aromatic rings. The van der Waals surface area contributed by atoms with Gasteiger partial charge in [-0.05, 0) is 43.2 Å². The number of hydrogen-bond acceptors (Lipinski definition) is 3. The number of nitrogen functional groups attached to an aromatic ring is 1. The van der Waals surface area contributed by atoms with Crippen LogP contribution < -0.4 is 11.1 Å². The van der Waals surface area contributed by atoms with Crippen LogP contribution in [0.15, 0.2) is 30.3 Å². The average molecular weight is 274 g/mol. The van der Waals surface area contributed by atoms with E-state index in [1.807, 2.05) is 32.0 Å². The molecule has 0 radical (unpaired) electrons. The average Bonchev–Trinajstić information content (AvgIpc) is 2.37. The van der Waals surface area contributed by atoms with E-state index in [1.54, 1.807) is 0 Å². The summed E-state index contributed by atoms with van der Waals surface area (Å²) in [4.78, 5) is 10.8. The second kappa shape index (κ2) is 5.21. The lowest BCUT2D eigenvalue weighted by atomic mass is 10.1. The molecule has 104 valence electrons. The molecule has 0 aliphatic rings. The highest BCUT2D eigenvalue weighted by Crippen LogP contribution is 2.27. The van der Waals surface area contributed by atoms with E-state index >= 15 is 0 Å². The molecule has 2 rings (SSSR count). The lowest BCUT2D eigenvalue weighted by molar-refractivity contribution is 0.0692. The van der Waals surface area contributed by atoms with E-state index in [4.69, 9.17) is 10.8 Å². The van der Waals surface area contributed by atoms with Crippen LogP contribution in [0.5, 0.6) is 0 Å². The molecule has 0 spiro atoms. The lowest BCUT2D eigenvalue weighted by Gasteiger charge is -2.12. The third-order valence-electron chi connectivity index (χ3n) is 3.16. The van der Waals surface area contributed by atoms with Crippen molar-refractivity contribution < 1.29 is 14.3 Å². The number of rotatable bonds is 3. The third kappa shape index (κ3) is 2.71. The Hall–Kier alpha value is -2.56. The summed E-state index contributed by atoms with van der Waals surface area (Å²) in [6, 6.07) is 7.91. The minimum Gasteiger partial charge on any atom is -0.478 e. The molecule has 2 aromatic carbocycles. The molecule has 20 heavy (non-hydrogen) atoms. The van der Waals surface area contributed by atoms with Gasteiger partial charge in [-0.3, -0.25) is 0 Å². The van der Waals surface area contributed by atoms with Crippen molar-refractivity contribution in [1.82, 2.24) is 0 Å². The van der Waals surface area contributed by atoms with Crippen LogP contribution in [0.4, 0.5) is 21.5 Å². The van der Waals surface area contributed by atoms with Crippen LogP contribution in [-0.2, 0) is 0 Å². The zero-order chi connectivity index (χ0) is 14.9. The Kier molecular flexibility index (Phi) is 3.61. The first-order chi connectivity index (χ1) is 9.38. The monoisotopic (exact) mass is 274 g/mol. The van der Waals surface area contributed by atoms with Gasteiger partial charge in [0, 0.05) is 11.8 Å². The zero-order valence-electron chi connectivity index (χ0n) is 11.2. The van der Waals surface area contributed by atoms with Crippen molar-refractivity contribution in [1.29, 1.82) is 0 Å². The van der Waals surface area contributed by atoms with E-state index in [2.05, 4.69) is 5.32 Å². The Morgan fingerprint density at radius 3 is 2.50 bits per heavy atom. The molecule has 0 atom stereocenters. The Morgan fingerprint density at radius 2 is 1.90 bits per heavy atom. The van der Waals surface area contributed by atoms with Crippen LogP contribution in [0, 0.1) is 19.7 Å². The quantitative estimate of drug-likeness (QED) is 0.749. The van der Waals surface area contributed by atoms with Crippen LogP contribution in [0.3, 0.4) is 0 Å². The fourth-order valence-electron chi connectivity index (χ4n) is 1.84. The van der Waals surface area contributed by atoms with E-state index in [9.17, 15) is 9.18 Å². The number of halogens is 1. The SMILES string of the molecule is Cc1ccc(Nc2cc(F)c(C(=O)O)cc2N)cc1C. The molecule has 0 saturated heterocycles. The smallest absolute Gasteiger partial charge is 0.338 e. The maximum Gasteiger partial charge on any atom is 0.338 e. The van der Waals surface area contributed by atoms with E-state index in [-0.39, 0.29) is 5.69 Å². The first-order valence-corrected chi connectivity index (χ1v) is 6.05. The van der Waals surface area contributed by atoms with Crippen LogP contribution in [0.25, 0.3) is 0 Å². The predicted molar refractivity (Wildman–Crippen MR) is 77.0 cm³/mol. The van der Waals surface area contributed by atoms with Crippen LogP contribution in [-0.4, -0.2) is 11.1 Å². The van der Waals surface area contributed by atoms with Crippen molar-refractivity contribution in [3.8, 4) is 0 Å². The van der Waals surface area contributed by atoms with Gasteiger partial charge in [-0.2, -0.15) is 0 Å². The molecule has 0 aliphatic heterocycles. The van der Waals surface area contributed by atoms with Crippen LogP contribution in [0.2, 0.25) is 0 Å². The zero-order valence-corrected chi connectivity index (χ0v) is 11.2. The molecule has 0 fully saturated rings. The van der Waals surface area contributed by atoms with Gasteiger partial charge in [0.1, 0.15) is 5.82 Å². The maximum atomic E-state index is 13.7. The maximum absolute atomic E-state index is 13.7. The normalized spacial score (nSPS) is 10.3. The van der Waals surface area contributed by atoms with Gasteiger partial charge in [0.2, 0.25) is 0 Å². The Balaban J connectivity index is 2.36. The summed E-state index contributed by atoms with van der Waals surface area (Å²) < 4.78 is 13.7. The van der Waals surface area contributed by atoms with Gasteiger partial charge in [0.25, 0.3) is 0 Å².